The second kappa shape index (κ2) is 7.59. The van der Waals surface area contributed by atoms with Crippen molar-refractivity contribution >= 4 is 22.6 Å². The first-order chi connectivity index (χ1) is 12.0. The summed E-state index contributed by atoms with van der Waals surface area (Å²) in [6.45, 7) is 1.68. The van der Waals surface area contributed by atoms with Crippen LogP contribution in [0.2, 0.25) is 5.02 Å². The molecule has 0 atom stereocenters. The van der Waals surface area contributed by atoms with Gasteiger partial charge in [0, 0.05) is 30.6 Å². The molecule has 0 amide bonds. The van der Waals surface area contributed by atoms with E-state index in [0.29, 0.717) is 36.1 Å². The summed E-state index contributed by atoms with van der Waals surface area (Å²) in [4.78, 5) is 13.8. The van der Waals surface area contributed by atoms with Gasteiger partial charge in [0.15, 0.2) is 0 Å². The van der Waals surface area contributed by atoms with Gasteiger partial charge in [-0.2, -0.15) is 0 Å². The number of halogens is 1. The van der Waals surface area contributed by atoms with Crippen molar-refractivity contribution in [3.8, 4) is 11.5 Å². The molecule has 0 fully saturated rings. The van der Waals surface area contributed by atoms with Crippen LogP contribution >= 0.6 is 11.6 Å². The van der Waals surface area contributed by atoms with Crippen molar-refractivity contribution < 1.29 is 14.3 Å². The number of para-hydroxylation sites is 1. The molecule has 25 heavy (non-hydrogen) atoms. The molecular weight excluding hydrogens is 342 g/mol. The van der Waals surface area contributed by atoms with E-state index < -0.39 is 5.63 Å². The topological polar surface area (TPSA) is 62.9 Å². The number of hydrogen-bond acceptors (Lipinski definition) is 5. The number of phenolic OH excluding ortho intramolecular Hbond substituents is 1. The van der Waals surface area contributed by atoms with E-state index in [-0.39, 0.29) is 5.75 Å². The van der Waals surface area contributed by atoms with Crippen molar-refractivity contribution in [3.63, 3.8) is 0 Å². The Balaban J connectivity index is 1.67. The zero-order chi connectivity index (χ0) is 17.8. The van der Waals surface area contributed by atoms with Crippen molar-refractivity contribution in [1.82, 2.24) is 4.90 Å². The van der Waals surface area contributed by atoms with Crippen molar-refractivity contribution in [2.75, 3.05) is 20.2 Å². The lowest BCUT2D eigenvalue weighted by Crippen LogP contribution is -2.24. The summed E-state index contributed by atoms with van der Waals surface area (Å²) in [5.41, 5.74) is 0.781. The van der Waals surface area contributed by atoms with E-state index in [4.69, 9.17) is 20.8 Å². The zero-order valence-electron chi connectivity index (χ0n) is 13.7. The van der Waals surface area contributed by atoms with Gasteiger partial charge in [-0.05, 0) is 36.9 Å². The third kappa shape index (κ3) is 4.32. The van der Waals surface area contributed by atoms with Gasteiger partial charge in [0.1, 0.15) is 23.7 Å². The van der Waals surface area contributed by atoms with Crippen molar-refractivity contribution in [2.24, 2.45) is 0 Å². The van der Waals surface area contributed by atoms with Gasteiger partial charge in [-0.3, -0.25) is 4.90 Å². The minimum atomic E-state index is -0.436. The van der Waals surface area contributed by atoms with E-state index >= 15 is 0 Å². The number of ether oxygens (including phenoxy) is 1. The zero-order valence-corrected chi connectivity index (χ0v) is 14.5. The van der Waals surface area contributed by atoms with E-state index in [0.717, 1.165) is 10.9 Å². The molecule has 0 saturated carbocycles. The van der Waals surface area contributed by atoms with Gasteiger partial charge in [0.05, 0.1) is 5.02 Å². The maximum absolute atomic E-state index is 11.7. The fraction of sp³-hybridized carbons (Fsp3) is 0.211. The van der Waals surface area contributed by atoms with Crippen LogP contribution in [0.1, 0.15) is 5.56 Å². The number of benzene rings is 2. The maximum atomic E-state index is 11.7. The Hall–Kier alpha value is -2.50. The lowest BCUT2D eigenvalue weighted by Gasteiger charge is -2.18. The summed E-state index contributed by atoms with van der Waals surface area (Å²) in [5, 5.41) is 10.9. The van der Waals surface area contributed by atoms with E-state index in [1.165, 1.54) is 12.1 Å². The summed E-state index contributed by atoms with van der Waals surface area (Å²) in [7, 11) is 1.94. The first kappa shape index (κ1) is 17.3. The smallest absolute Gasteiger partial charge is 0.336 e. The predicted octanol–water partition coefficient (Wildman–Crippen LogP) is 3.66. The molecule has 0 bridgehead atoms. The number of phenols is 1. The highest BCUT2D eigenvalue weighted by atomic mass is 35.5. The van der Waals surface area contributed by atoms with Crippen molar-refractivity contribution in [3.05, 3.63) is 69.5 Å². The SMILES string of the molecule is CN(CCOc1ccccc1Cl)Cc1cc(=O)oc2cc(O)ccc12. The van der Waals surface area contributed by atoms with Crippen LogP contribution in [-0.4, -0.2) is 30.2 Å². The van der Waals surface area contributed by atoms with Crippen LogP contribution in [-0.2, 0) is 6.54 Å². The van der Waals surface area contributed by atoms with Crippen LogP contribution in [0, 0.1) is 0 Å². The number of fused-ring (bicyclic) bond motifs is 1. The van der Waals surface area contributed by atoms with E-state index in [9.17, 15) is 9.90 Å². The quantitative estimate of drug-likeness (QED) is 0.680. The number of aromatic hydroxyl groups is 1. The monoisotopic (exact) mass is 359 g/mol. The molecule has 0 radical (unpaired) electrons. The molecule has 130 valence electrons. The molecule has 6 heteroatoms. The van der Waals surface area contributed by atoms with Gasteiger partial charge >= 0.3 is 5.63 Å². The molecule has 2 aromatic carbocycles. The van der Waals surface area contributed by atoms with Crippen molar-refractivity contribution in [2.45, 2.75) is 6.54 Å². The number of nitrogens with zero attached hydrogens (tertiary/aromatic N) is 1. The first-order valence-corrected chi connectivity index (χ1v) is 8.22. The molecular formula is C19H18ClNO4. The lowest BCUT2D eigenvalue weighted by molar-refractivity contribution is 0.233. The van der Waals surface area contributed by atoms with Gasteiger partial charge in [-0.25, -0.2) is 4.79 Å². The van der Waals surface area contributed by atoms with E-state index in [2.05, 4.69) is 0 Å². The van der Waals surface area contributed by atoms with Gasteiger partial charge in [-0.15, -0.1) is 0 Å². The fourth-order valence-corrected chi connectivity index (χ4v) is 2.78. The Bertz CT molecular complexity index is 938. The van der Waals surface area contributed by atoms with Crippen molar-refractivity contribution in [1.29, 1.82) is 0 Å². The molecule has 1 aromatic heterocycles. The Morgan fingerprint density at radius 2 is 2.00 bits per heavy atom. The molecule has 0 unspecified atom stereocenters. The molecule has 0 spiro atoms. The van der Waals surface area contributed by atoms with Gasteiger partial charge in [0.2, 0.25) is 0 Å². The number of likely N-dealkylation sites (N-methyl/N-ethyl adjacent to an activating group) is 1. The molecule has 0 aliphatic heterocycles. The van der Waals surface area contributed by atoms with Crippen LogP contribution in [0.5, 0.6) is 11.5 Å². The third-order valence-corrected chi connectivity index (χ3v) is 4.13. The minimum absolute atomic E-state index is 0.0642. The average molecular weight is 360 g/mol. The Kier molecular flexibility index (Phi) is 5.26. The largest absolute Gasteiger partial charge is 0.508 e. The second-order valence-corrected chi connectivity index (χ2v) is 6.20. The number of hydrogen-bond donors (Lipinski definition) is 1. The van der Waals surface area contributed by atoms with Crippen LogP contribution in [0.3, 0.4) is 0 Å². The molecule has 1 N–H and O–H groups in total. The Morgan fingerprint density at radius 3 is 2.80 bits per heavy atom. The molecule has 0 aliphatic carbocycles. The fourth-order valence-electron chi connectivity index (χ4n) is 2.59. The first-order valence-electron chi connectivity index (χ1n) is 7.84. The van der Waals surface area contributed by atoms with Crippen LogP contribution in [0.4, 0.5) is 0 Å². The third-order valence-electron chi connectivity index (χ3n) is 3.82. The highest BCUT2D eigenvalue weighted by molar-refractivity contribution is 6.32. The summed E-state index contributed by atoms with van der Waals surface area (Å²) >= 11 is 6.06. The van der Waals surface area contributed by atoms with Gasteiger partial charge in [0.25, 0.3) is 0 Å². The minimum Gasteiger partial charge on any atom is -0.508 e. The molecule has 5 nitrogen and oxygen atoms in total. The maximum Gasteiger partial charge on any atom is 0.336 e. The average Bonchev–Trinajstić information content (AvgIpc) is 2.56. The lowest BCUT2D eigenvalue weighted by atomic mass is 10.1. The Labute approximate surface area is 150 Å². The van der Waals surface area contributed by atoms with Gasteiger partial charge < -0.3 is 14.3 Å². The molecule has 0 saturated heterocycles. The van der Waals surface area contributed by atoms with Crippen LogP contribution in [0.25, 0.3) is 11.0 Å². The summed E-state index contributed by atoms with van der Waals surface area (Å²) in [5.74, 6) is 0.716. The summed E-state index contributed by atoms with van der Waals surface area (Å²) in [6, 6.07) is 13.6. The second-order valence-electron chi connectivity index (χ2n) is 5.79. The Morgan fingerprint density at radius 1 is 1.20 bits per heavy atom. The highest BCUT2D eigenvalue weighted by Crippen LogP contribution is 2.24. The summed E-state index contributed by atoms with van der Waals surface area (Å²) < 4.78 is 10.8. The molecule has 3 rings (SSSR count). The van der Waals surface area contributed by atoms with E-state index in [1.54, 1.807) is 18.2 Å². The van der Waals surface area contributed by atoms with E-state index in [1.807, 2.05) is 30.1 Å². The predicted molar refractivity (Wildman–Crippen MR) is 97.4 cm³/mol. The molecule has 1 heterocycles. The normalized spacial score (nSPS) is 11.2. The van der Waals surface area contributed by atoms with Crippen LogP contribution < -0.4 is 10.4 Å². The summed E-state index contributed by atoms with van der Waals surface area (Å²) in [6.07, 6.45) is 0. The molecule has 0 aliphatic rings. The standard InChI is InChI=1S/C19H18ClNO4/c1-21(8-9-24-17-5-3-2-4-16(17)20)12-13-10-19(23)25-18-11-14(22)6-7-15(13)18/h2-7,10-11,22H,8-9,12H2,1H3. The highest BCUT2D eigenvalue weighted by Gasteiger charge is 2.09. The van der Waals surface area contributed by atoms with Gasteiger partial charge in [-0.1, -0.05) is 23.7 Å². The number of rotatable bonds is 6. The molecule has 3 aromatic rings. The van der Waals surface area contributed by atoms with Crippen LogP contribution in [0.15, 0.2) is 57.7 Å².